The van der Waals surface area contributed by atoms with Gasteiger partial charge in [0.15, 0.2) is 5.69 Å². The standard InChI is InChI=1S/C9H11N5OS/c1-5-3-10-9(16-5)6(2)12-8(15)7-4-11-14-13-7/h3-4,6H,1-2H3,(H,12,15)(H,11,13,14). The summed E-state index contributed by atoms with van der Waals surface area (Å²) in [6.07, 6.45) is 3.17. The zero-order valence-corrected chi connectivity index (χ0v) is 9.71. The van der Waals surface area contributed by atoms with Crippen molar-refractivity contribution in [2.75, 3.05) is 0 Å². The molecule has 84 valence electrons. The van der Waals surface area contributed by atoms with Crippen molar-refractivity contribution >= 4 is 17.2 Å². The lowest BCUT2D eigenvalue weighted by Gasteiger charge is -2.09. The van der Waals surface area contributed by atoms with Crippen LogP contribution in [-0.2, 0) is 0 Å². The predicted molar refractivity (Wildman–Crippen MR) is 59.1 cm³/mol. The van der Waals surface area contributed by atoms with Gasteiger partial charge in [-0.05, 0) is 13.8 Å². The van der Waals surface area contributed by atoms with Crippen LogP contribution in [0.4, 0.5) is 0 Å². The number of aryl methyl sites for hydroxylation is 1. The number of H-pyrrole nitrogens is 1. The molecule has 1 amide bonds. The number of carbonyl (C=O) groups excluding carboxylic acids is 1. The number of carbonyl (C=O) groups is 1. The third kappa shape index (κ3) is 2.25. The first kappa shape index (κ1) is 10.7. The summed E-state index contributed by atoms with van der Waals surface area (Å²) in [4.78, 5) is 17.0. The predicted octanol–water partition coefficient (Wildman–Crippen LogP) is 1.06. The van der Waals surface area contributed by atoms with Crippen molar-refractivity contribution in [1.29, 1.82) is 0 Å². The number of amides is 1. The van der Waals surface area contributed by atoms with Crippen LogP contribution >= 0.6 is 11.3 Å². The van der Waals surface area contributed by atoms with E-state index in [9.17, 15) is 4.79 Å². The monoisotopic (exact) mass is 237 g/mol. The quantitative estimate of drug-likeness (QED) is 0.836. The fourth-order valence-corrected chi connectivity index (χ4v) is 1.99. The van der Waals surface area contributed by atoms with E-state index in [1.807, 2.05) is 13.8 Å². The molecule has 1 atom stereocenters. The van der Waals surface area contributed by atoms with Crippen molar-refractivity contribution in [3.05, 3.63) is 28.0 Å². The zero-order valence-electron chi connectivity index (χ0n) is 8.89. The van der Waals surface area contributed by atoms with E-state index in [-0.39, 0.29) is 17.6 Å². The molecule has 0 aliphatic heterocycles. The first-order valence-corrected chi connectivity index (χ1v) is 5.57. The van der Waals surface area contributed by atoms with Gasteiger partial charge in [0.25, 0.3) is 5.91 Å². The Bertz CT molecular complexity index is 478. The molecule has 0 saturated carbocycles. The lowest BCUT2D eigenvalue weighted by molar-refractivity contribution is 0.0934. The number of aromatic nitrogens is 4. The van der Waals surface area contributed by atoms with E-state index in [1.165, 1.54) is 6.20 Å². The number of thiazole rings is 1. The Morgan fingerprint density at radius 2 is 2.38 bits per heavy atom. The number of aromatic amines is 1. The Kier molecular flexibility index (Phi) is 2.95. The van der Waals surface area contributed by atoms with Gasteiger partial charge in [0.1, 0.15) is 5.01 Å². The Morgan fingerprint density at radius 3 is 2.94 bits per heavy atom. The van der Waals surface area contributed by atoms with Gasteiger partial charge in [0.05, 0.1) is 12.2 Å². The van der Waals surface area contributed by atoms with Crippen molar-refractivity contribution < 1.29 is 4.79 Å². The summed E-state index contributed by atoms with van der Waals surface area (Å²) in [5, 5.41) is 13.4. The molecule has 6 nitrogen and oxygen atoms in total. The van der Waals surface area contributed by atoms with E-state index in [0.717, 1.165) is 9.88 Å². The van der Waals surface area contributed by atoms with Crippen molar-refractivity contribution in [3.8, 4) is 0 Å². The van der Waals surface area contributed by atoms with E-state index in [4.69, 9.17) is 0 Å². The number of nitrogens with one attached hydrogen (secondary N) is 2. The van der Waals surface area contributed by atoms with Crippen LogP contribution in [-0.4, -0.2) is 26.3 Å². The van der Waals surface area contributed by atoms with Gasteiger partial charge in [-0.1, -0.05) is 0 Å². The molecule has 2 N–H and O–H groups in total. The minimum absolute atomic E-state index is 0.122. The van der Waals surface area contributed by atoms with Crippen molar-refractivity contribution in [2.24, 2.45) is 0 Å². The highest BCUT2D eigenvalue weighted by molar-refractivity contribution is 7.11. The summed E-state index contributed by atoms with van der Waals surface area (Å²) in [6, 6.07) is -0.122. The van der Waals surface area contributed by atoms with Gasteiger partial charge < -0.3 is 5.32 Å². The Balaban J connectivity index is 2.03. The van der Waals surface area contributed by atoms with E-state index in [0.29, 0.717) is 0 Å². The summed E-state index contributed by atoms with van der Waals surface area (Å²) in [7, 11) is 0. The third-order valence-electron chi connectivity index (χ3n) is 2.00. The van der Waals surface area contributed by atoms with Crippen LogP contribution in [0.3, 0.4) is 0 Å². The molecule has 1 unspecified atom stereocenters. The van der Waals surface area contributed by atoms with Crippen LogP contribution in [0.2, 0.25) is 0 Å². The second-order valence-electron chi connectivity index (χ2n) is 3.36. The molecule has 0 aliphatic rings. The van der Waals surface area contributed by atoms with Gasteiger partial charge in [0.2, 0.25) is 0 Å². The first-order chi connectivity index (χ1) is 7.66. The molecule has 0 aromatic carbocycles. The molecule has 0 spiro atoms. The molecule has 0 bridgehead atoms. The Labute approximate surface area is 96.1 Å². The number of nitrogens with zero attached hydrogens (tertiary/aromatic N) is 3. The molecule has 0 saturated heterocycles. The average Bonchev–Trinajstić information content (AvgIpc) is 2.87. The Morgan fingerprint density at radius 1 is 1.56 bits per heavy atom. The largest absolute Gasteiger partial charge is 0.342 e. The maximum absolute atomic E-state index is 11.6. The third-order valence-corrected chi connectivity index (χ3v) is 3.10. The lowest BCUT2D eigenvalue weighted by Crippen LogP contribution is -2.26. The van der Waals surface area contributed by atoms with Gasteiger partial charge in [-0.15, -0.1) is 11.3 Å². The molecule has 2 aromatic rings. The second-order valence-corrected chi connectivity index (χ2v) is 4.63. The maximum atomic E-state index is 11.6. The summed E-state index contributed by atoms with van der Waals surface area (Å²) in [5.74, 6) is -0.255. The molecule has 2 rings (SSSR count). The smallest absolute Gasteiger partial charge is 0.274 e. The highest BCUT2D eigenvalue weighted by Gasteiger charge is 2.15. The van der Waals surface area contributed by atoms with E-state index in [1.54, 1.807) is 17.5 Å². The van der Waals surface area contributed by atoms with Gasteiger partial charge in [-0.2, -0.15) is 15.4 Å². The fourth-order valence-electron chi connectivity index (χ4n) is 1.22. The topological polar surface area (TPSA) is 83.6 Å². The number of hydrogen-bond acceptors (Lipinski definition) is 5. The lowest BCUT2D eigenvalue weighted by atomic mass is 10.3. The molecule has 0 aliphatic carbocycles. The molecular weight excluding hydrogens is 226 g/mol. The molecule has 7 heteroatoms. The summed E-state index contributed by atoms with van der Waals surface area (Å²) in [5.41, 5.74) is 0.278. The van der Waals surface area contributed by atoms with Crippen LogP contribution in [0.5, 0.6) is 0 Å². The highest BCUT2D eigenvalue weighted by Crippen LogP contribution is 2.18. The van der Waals surface area contributed by atoms with Gasteiger partial charge in [0, 0.05) is 11.1 Å². The maximum Gasteiger partial charge on any atom is 0.274 e. The molecular formula is C9H11N5OS. The molecule has 2 heterocycles. The van der Waals surface area contributed by atoms with Crippen LogP contribution in [0.25, 0.3) is 0 Å². The molecule has 0 fully saturated rings. The number of rotatable bonds is 3. The SMILES string of the molecule is Cc1cnc(C(C)NC(=O)c2cn[nH]n2)s1. The van der Waals surface area contributed by atoms with Crippen LogP contribution in [0, 0.1) is 6.92 Å². The van der Waals surface area contributed by atoms with E-state index in [2.05, 4.69) is 25.7 Å². The average molecular weight is 237 g/mol. The van der Waals surface area contributed by atoms with Gasteiger partial charge in [-0.3, -0.25) is 4.79 Å². The van der Waals surface area contributed by atoms with Crippen LogP contribution < -0.4 is 5.32 Å². The molecule has 0 radical (unpaired) electrons. The van der Waals surface area contributed by atoms with Crippen molar-refractivity contribution in [3.63, 3.8) is 0 Å². The summed E-state index contributed by atoms with van der Waals surface area (Å²) in [6.45, 7) is 3.86. The Hall–Kier alpha value is -1.76. The second kappa shape index (κ2) is 4.40. The van der Waals surface area contributed by atoms with Crippen molar-refractivity contribution in [2.45, 2.75) is 19.9 Å². The van der Waals surface area contributed by atoms with Crippen LogP contribution in [0.1, 0.15) is 33.3 Å². The van der Waals surface area contributed by atoms with Gasteiger partial charge in [-0.25, -0.2) is 4.98 Å². The minimum Gasteiger partial charge on any atom is -0.342 e. The normalized spacial score (nSPS) is 12.4. The zero-order chi connectivity index (χ0) is 11.5. The van der Waals surface area contributed by atoms with Crippen LogP contribution in [0.15, 0.2) is 12.4 Å². The first-order valence-electron chi connectivity index (χ1n) is 4.76. The van der Waals surface area contributed by atoms with Crippen molar-refractivity contribution in [1.82, 2.24) is 25.7 Å². The summed E-state index contributed by atoms with van der Waals surface area (Å²) < 4.78 is 0. The molecule has 16 heavy (non-hydrogen) atoms. The fraction of sp³-hybridized carbons (Fsp3) is 0.333. The van der Waals surface area contributed by atoms with E-state index < -0.39 is 0 Å². The summed E-state index contributed by atoms with van der Waals surface area (Å²) >= 11 is 1.57. The molecule has 2 aromatic heterocycles. The highest BCUT2D eigenvalue weighted by atomic mass is 32.1. The van der Waals surface area contributed by atoms with Gasteiger partial charge >= 0.3 is 0 Å². The minimum atomic E-state index is -0.255. The van der Waals surface area contributed by atoms with E-state index >= 15 is 0 Å². The number of hydrogen-bond donors (Lipinski definition) is 2.